The zero-order valence-electron chi connectivity index (χ0n) is 14.1. The highest BCUT2D eigenvalue weighted by atomic mass is 16.4. The van der Waals surface area contributed by atoms with E-state index in [2.05, 4.69) is 5.32 Å². The fourth-order valence-corrected chi connectivity index (χ4v) is 3.14. The van der Waals surface area contributed by atoms with Crippen molar-refractivity contribution in [2.75, 3.05) is 0 Å². The van der Waals surface area contributed by atoms with Crippen molar-refractivity contribution in [3.8, 4) is 0 Å². The Labute approximate surface area is 139 Å². The quantitative estimate of drug-likeness (QED) is 0.850. The van der Waals surface area contributed by atoms with E-state index in [4.69, 9.17) is 4.65 Å². The van der Waals surface area contributed by atoms with Crippen LogP contribution in [0.3, 0.4) is 0 Å². The summed E-state index contributed by atoms with van der Waals surface area (Å²) in [6.45, 7) is 3.53. The van der Waals surface area contributed by atoms with Crippen molar-refractivity contribution < 1.29 is 14.2 Å². The summed E-state index contributed by atoms with van der Waals surface area (Å²) in [7, 11) is 0. The van der Waals surface area contributed by atoms with Gasteiger partial charge in [-0.05, 0) is 25.3 Å². The van der Waals surface area contributed by atoms with Crippen molar-refractivity contribution in [2.45, 2.75) is 64.3 Å². The van der Waals surface area contributed by atoms with Crippen LogP contribution in [0.5, 0.6) is 0 Å². The molecule has 0 bridgehead atoms. The fourth-order valence-electron chi connectivity index (χ4n) is 3.14. The summed E-state index contributed by atoms with van der Waals surface area (Å²) in [5.74, 6) is 0.203. The Balaban J connectivity index is 1.89. The fraction of sp³-hybridized carbons (Fsp3) is 0.556. The van der Waals surface area contributed by atoms with Gasteiger partial charge in [0.15, 0.2) is 0 Å². The first kappa shape index (κ1) is 17.7. The molecule has 1 aliphatic rings. The summed E-state index contributed by atoms with van der Waals surface area (Å²) in [5, 5.41) is 3.11. The molecule has 2 rings (SSSR count). The van der Waals surface area contributed by atoms with Crippen LogP contribution in [0.25, 0.3) is 0 Å². The molecule has 0 aliphatic carbocycles. The number of hydrogen-bond acceptors (Lipinski definition) is 3. The summed E-state index contributed by atoms with van der Waals surface area (Å²) in [6.07, 6.45) is 4.78. The van der Waals surface area contributed by atoms with Gasteiger partial charge in [-0.3, -0.25) is 9.59 Å². The molecule has 0 radical (unpaired) electrons. The molecule has 0 spiro atoms. The Morgan fingerprint density at radius 1 is 1.22 bits per heavy atom. The predicted molar refractivity (Wildman–Crippen MR) is 92.3 cm³/mol. The minimum absolute atomic E-state index is 0.0148. The summed E-state index contributed by atoms with van der Waals surface area (Å²) < 4.78 is 6.03. The first-order chi connectivity index (χ1) is 11.0. The molecular formula is C18H26BNO3. The van der Waals surface area contributed by atoms with Crippen LogP contribution in [0.2, 0.25) is 6.82 Å². The van der Waals surface area contributed by atoms with E-state index in [0.717, 1.165) is 31.2 Å². The highest BCUT2D eigenvalue weighted by Crippen LogP contribution is 2.19. The van der Waals surface area contributed by atoms with Gasteiger partial charge in [0.05, 0.1) is 6.42 Å². The number of rotatable bonds is 5. The van der Waals surface area contributed by atoms with Crippen LogP contribution in [-0.4, -0.2) is 30.7 Å². The lowest BCUT2D eigenvalue weighted by Gasteiger charge is -2.30. The maximum absolute atomic E-state index is 12.3. The van der Waals surface area contributed by atoms with Crippen molar-refractivity contribution in [3.63, 3.8) is 0 Å². The lowest BCUT2D eigenvalue weighted by Crippen LogP contribution is -2.48. The van der Waals surface area contributed by atoms with Crippen LogP contribution in [-0.2, 0) is 20.7 Å². The largest absolute Gasteiger partial charge is 0.431 e. The summed E-state index contributed by atoms with van der Waals surface area (Å²) >= 11 is 0. The minimum Gasteiger partial charge on any atom is -0.431 e. The third-order valence-electron chi connectivity index (χ3n) is 4.33. The lowest BCUT2D eigenvalue weighted by molar-refractivity contribution is -0.121. The van der Waals surface area contributed by atoms with Crippen LogP contribution in [0.4, 0.5) is 0 Å². The number of Topliss-reactive ketones (excluding diaryl/α,β-unsaturated/α-hetero) is 1. The molecule has 0 saturated carbocycles. The van der Waals surface area contributed by atoms with Crippen molar-refractivity contribution >= 4 is 18.6 Å². The van der Waals surface area contributed by atoms with E-state index in [1.165, 1.54) is 0 Å². The Morgan fingerprint density at radius 3 is 2.61 bits per heavy atom. The van der Waals surface area contributed by atoms with Crippen LogP contribution in [0, 0.1) is 0 Å². The molecule has 1 aromatic carbocycles. The number of nitrogens with one attached hydrogen (secondary N) is 1. The van der Waals surface area contributed by atoms with Gasteiger partial charge in [-0.2, -0.15) is 0 Å². The normalized spacial score (nSPS) is 22.1. The Morgan fingerprint density at radius 2 is 1.91 bits per heavy atom. The summed E-state index contributed by atoms with van der Waals surface area (Å²) in [4.78, 5) is 23.6. The molecule has 1 fully saturated rings. The first-order valence-corrected chi connectivity index (χ1v) is 8.53. The van der Waals surface area contributed by atoms with E-state index < -0.39 is 0 Å². The molecule has 1 aromatic rings. The molecule has 1 saturated heterocycles. The van der Waals surface area contributed by atoms with Gasteiger partial charge in [0.1, 0.15) is 5.78 Å². The average molecular weight is 315 g/mol. The predicted octanol–water partition coefficient (Wildman–Crippen LogP) is 2.81. The molecule has 1 heterocycles. The van der Waals surface area contributed by atoms with Gasteiger partial charge >= 0.3 is 6.92 Å². The van der Waals surface area contributed by atoms with E-state index >= 15 is 0 Å². The highest BCUT2D eigenvalue weighted by Gasteiger charge is 2.29. The standard InChI is InChI=1S/C18H26BNO3/c1-14(21)12-16-10-6-7-11-17(19(2)23-16)20-18(22)13-15-8-4-3-5-9-15/h3-5,8-9,16-17H,6-7,10-13H2,1-2H3,(H,20,22)/t16-,17+/m1/s1. The minimum atomic E-state index is -0.0700. The zero-order chi connectivity index (χ0) is 16.7. The Kier molecular flexibility index (Phi) is 6.84. The van der Waals surface area contributed by atoms with Gasteiger partial charge in [0.25, 0.3) is 0 Å². The van der Waals surface area contributed by atoms with Gasteiger partial charge < -0.3 is 9.97 Å². The number of carbonyl (C=O) groups is 2. The second-order valence-corrected chi connectivity index (χ2v) is 6.49. The number of carbonyl (C=O) groups excluding carboxylic acids is 2. The van der Waals surface area contributed by atoms with E-state index in [1.807, 2.05) is 37.2 Å². The number of benzene rings is 1. The SMILES string of the molecule is CB1O[C@@H](CC(C)=O)CCCC[C@@H]1NC(=O)Cc1ccccc1. The van der Waals surface area contributed by atoms with Crippen molar-refractivity contribution in [1.82, 2.24) is 5.32 Å². The van der Waals surface area contributed by atoms with E-state index in [1.54, 1.807) is 6.92 Å². The topological polar surface area (TPSA) is 55.4 Å². The van der Waals surface area contributed by atoms with Gasteiger partial charge in [-0.15, -0.1) is 0 Å². The molecule has 1 aliphatic heterocycles. The molecule has 23 heavy (non-hydrogen) atoms. The second kappa shape index (κ2) is 8.87. The molecule has 2 atom stereocenters. The molecule has 4 nitrogen and oxygen atoms in total. The Hall–Kier alpha value is -1.62. The van der Waals surface area contributed by atoms with Gasteiger partial charge in [-0.25, -0.2) is 0 Å². The molecule has 1 amide bonds. The monoisotopic (exact) mass is 315 g/mol. The molecule has 1 N–H and O–H groups in total. The third-order valence-corrected chi connectivity index (χ3v) is 4.33. The smallest absolute Gasteiger partial charge is 0.312 e. The maximum Gasteiger partial charge on any atom is 0.312 e. The number of ketones is 1. The van der Waals surface area contributed by atoms with Crippen LogP contribution in [0.1, 0.15) is 44.6 Å². The van der Waals surface area contributed by atoms with E-state index in [0.29, 0.717) is 12.8 Å². The first-order valence-electron chi connectivity index (χ1n) is 8.53. The molecule has 0 aromatic heterocycles. The van der Waals surface area contributed by atoms with E-state index in [9.17, 15) is 9.59 Å². The number of hydrogen-bond donors (Lipinski definition) is 1. The maximum atomic E-state index is 12.3. The molecule has 124 valence electrons. The summed E-state index contributed by atoms with van der Waals surface area (Å²) in [5.41, 5.74) is 1.01. The van der Waals surface area contributed by atoms with Crippen LogP contribution < -0.4 is 5.32 Å². The highest BCUT2D eigenvalue weighted by molar-refractivity contribution is 6.52. The zero-order valence-corrected chi connectivity index (χ0v) is 14.1. The van der Waals surface area contributed by atoms with Crippen molar-refractivity contribution in [1.29, 1.82) is 0 Å². The molecule has 5 heteroatoms. The van der Waals surface area contributed by atoms with Gasteiger partial charge in [0.2, 0.25) is 5.91 Å². The lowest BCUT2D eigenvalue weighted by atomic mass is 9.60. The number of amides is 1. The van der Waals surface area contributed by atoms with E-state index in [-0.39, 0.29) is 30.7 Å². The average Bonchev–Trinajstić information content (AvgIpc) is 2.49. The Bertz CT molecular complexity index is 520. The molecule has 0 unspecified atom stereocenters. The van der Waals surface area contributed by atoms with Crippen molar-refractivity contribution in [3.05, 3.63) is 35.9 Å². The van der Waals surface area contributed by atoms with Gasteiger partial charge in [-0.1, -0.05) is 50.0 Å². The second-order valence-electron chi connectivity index (χ2n) is 6.49. The van der Waals surface area contributed by atoms with Crippen molar-refractivity contribution in [2.24, 2.45) is 0 Å². The summed E-state index contributed by atoms with van der Waals surface area (Å²) in [6, 6.07) is 9.75. The third kappa shape index (κ3) is 6.18. The van der Waals surface area contributed by atoms with Gasteiger partial charge in [0, 0.05) is 18.5 Å². The van der Waals surface area contributed by atoms with Crippen LogP contribution >= 0.6 is 0 Å². The molecular weight excluding hydrogens is 289 g/mol. The van der Waals surface area contributed by atoms with Crippen LogP contribution in [0.15, 0.2) is 30.3 Å².